The fourth-order valence-corrected chi connectivity index (χ4v) is 2.42. The van der Waals surface area contributed by atoms with E-state index in [0.717, 1.165) is 18.1 Å². The van der Waals surface area contributed by atoms with Gasteiger partial charge in [0, 0.05) is 6.54 Å². The molecule has 3 rings (SSSR count). The molecule has 0 fully saturated rings. The molecule has 0 bridgehead atoms. The van der Waals surface area contributed by atoms with E-state index in [9.17, 15) is 0 Å². The average molecular weight is 281 g/mol. The summed E-state index contributed by atoms with van der Waals surface area (Å²) in [5.74, 6) is 1.85. The maximum atomic E-state index is 5.40. The van der Waals surface area contributed by atoms with Crippen LogP contribution in [0.25, 0.3) is 10.8 Å². The Labute approximate surface area is 124 Å². The topological polar surface area (TPSA) is 34.4 Å². The normalized spacial score (nSPS) is 12.5. The van der Waals surface area contributed by atoms with Crippen molar-refractivity contribution in [3.63, 3.8) is 0 Å². The van der Waals surface area contributed by atoms with Gasteiger partial charge in [0.25, 0.3) is 0 Å². The fraction of sp³-hybridized carbons (Fsp3) is 0.222. The lowest BCUT2D eigenvalue weighted by Crippen LogP contribution is -2.17. The Bertz CT molecular complexity index is 719. The highest BCUT2D eigenvalue weighted by atomic mass is 16.5. The third-order valence-corrected chi connectivity index (χ3v) is 3.69. The Morgan fingerprint density at radius 2 is 1.90 bits per heavy atom. The van der Waals surface area contributed by atoms with E-state index in [-0.39, 0.29) is 6.04 Å². The molecule has 1 atom stereocenters. The second-order valence-corrected chi connectivity index (χ2v) is 5.17. The van der Waals surface area contributed by atoms with Gasteiger partial charge in [-0.1, -0.05) is 18.2 Å². The van der Waals surface area contributed by atoms with Gasteiger partial charge in [-0.15, -0.1) is 0 Å². The first-order chi connectivity index (χ1) is 10.3. The van der Waals surface area contributed by atoms with E-state index in [4.69, 9.17) is 9.15 Å². The monoisotopic (exact) mass is 281 g/mol. The summed E-state index contributed by atoms with van der Waals surface area (Å²) in [6.07, 6.45) is 1.71. The number of hydrogen-bond acceptors (Lipinski definition) is 3. The fourth-order valence-electron chi connectivity index (χ4n) is 2.42. The van der Waals surface area contributed by atoms with Crippen molar-refractivity contribution in [2.24, 2.45) is 0 Å². The van der Waals surface area contributed by atoms with Crippen molar-refractivity contribution in [3.05, 3.63) is 66.1 Å². The van der Waals surface area contributed by atoms with E-state index in [0.29, 0.717) is 0 Å². The van der Waals surface area contributed by atoms with Gasteiger partial charge in [0.2, 0.25) is 0 Å². The molecule has 0 aliphatic rings. The molecule has 0 saturated carbocycles. The second kappa shape index (κ2) is 6.02. The van der Waals surface area contributed by atoms with E-state index in [2.05, 4.69) is 42.6 Å². The summed E-state index contributed by atoms with van der Waals surface area (Å²) in [7, 11) is 1.69. The van der Waals surface area contributed by atoms with Gasteiger partial charge in [-0.05, 0) is 53.6 Å². The zero-order chi connectivity index (χ0) is 14.7. The Balaban J connectivity index is 1.72. The minimum Gasteiger partial charge on any atom is -0.497 e. The Kier molecular flexibility index (Phi) is 3.93. The van der Waals surface area contributed by atoms with Crippen molar-refractivity contribution in [3.8, 4) is 5.75 Å². The van der Waals surface area contributed by atoms with E-state index in [1.54, 1.807) is 13.4 Å². The smallest absolute Gasteiger partial charge is 0.120 e. The molecule has 1 aromatic heterocycles. The number of fused-ring (bicyclic) bond motifs is 1. The van der Waals surface area contributed by atoms with Gasteiger partial charge in [-0.3, -0.25) is 0 Å². The SMILES string of the molecule is COc1ccc2cc(CN[C@H](C)c3ccco3)ccc2c1. The highest BCUT2D eigenvalue weighted by Crippen LogP contribution is 2.22. The van der Waals surface area contributed by atoms with Crippen molar-refractivity contribution in [1.29, 1.82) is 0 Å². The van der Waals surface area contributed by atoms with Crippen LogP contribution < -0.4 is 10.1 Å². The van der Waals surface area contributed by atoms with Crippen LogP contribution >= 0.6 is 0 Å². The standard InChI is InChI=1S/C18H19NO2/c1-13(18-4-3-9-21-18)19-12-14-5-6-16-11-17(20-2)8-7-15(16)10-14/h3-11,13,19H,12H2,1-2H3/t13-/m1/s1. The van der Waals surface area contributed by atoms with Crippen LogP contribution in [0.2, 0.25) is 0 Å². The van der Waals surface area contributed by atoms with Gasteiger partial charge < -0.3 is 14.5 Å². The predicted molar refractivity (Wildman–Crippen MR) is 84.5 cm³/mol. The van der Waals surface area contributed by atoms with Crippen LogP contribution in [-0.2, 0) is 6.54 Å². The van der Waals surface area contributed by atoms with Crippen LogP contribution in [0.15, 0.2) is 59.2 Å². The van der Waals surface area contributed by atoms with Crippen LogP contribution in [0, 0.1) is 0 Å². The lowest BCUT2D eigenvalue weighted by Gasteiger charge is -2.12. The highest BCUT2D eigenvalue weighted by molar-refractivity contribution is 5.84. The van der Waals surface area contributed by atoms with Gasteiger partial charge in [-0.25, -0.2) is 0 Å². The van der Waals surface area contributed by atoms with E-state index < -0.39 is 0 Å². The number of nitrogens with one attached hydrogen (secondary N) is 1. The zero-order valence-electron chi connectivity index (χ0n) is 12.3. The zero-order valence-corrected chi connectivity index (χ0v) is 12.3. The lowest BCUT2D eigenvalue weighted by atomic mass is 10.1. The second-order valence-electron chi connectivity index (χ2n) is 5.17. The van der Waals surface area contributed by atoms with E-state index >= 15 is 0 Å². The third kappa shape index (κ3) is 3.09. The number of rotatable bonds is 5. The molecule has 3 nitrogen and oxygen atoms in total. The molecule has 0 radical (unpaired) electrons. The van der Waals surface area contributed by atoms with Gasteiger partial charge in [0.1, 0.15) is 11.5 Å². The molecule has 0 unspecified atom stereocenters. The molecule has 108 valence electrons. The maximum Gasteiger partial charge on any atom is 0.120 e. The predicted octanol–water partition coefficient (Wildman–Crippen LogP) is 4.29. The molecule has 0 aliphatic carbocycles. The summed E-state index contributed by atoms with van der Waals surface area (Å²) in [6, 6.07) is 16.7. The first-order valence-corrected chi connectivity index (χ1v) is 7.10. The van der Waals surface area contributed by atoms with Crippen molar-refractivity contribution >= 4 is 10.8 Å². The van der Waals surface area contributed by atoms with Crippen LogP contribution in [0.3, 0.4) is 0 Å². The van der Waals surface area contributed by atoms with E-state index in [1.165, 1.54) is 16.3 Å². The van der Waals surface area contributed by atoms with Crippen molar-refractivity contribution in [1.82, 2.24) is 5.32 Å². The minimum atomic E-state index is 0.201. The molecule has 0 spiro atoms. The largest absolute Gasteiger partial charge is 0.497 e. The molecule has 2 aromatic carbocycles. The molecule has 0 saturated heterocycles. The summed E-state index contributed by atoms with van der Waals surface area (Å²) in [5.41, 5.74) is 1.26. The van der Waals surface area contributed by atoms with Gasteiger partial charge in [0.05, 0.1) is 19.4 Å². The van der Waals surface area contributed by atoms with Crippen molar-refractivity contribution in [2.45, 2.75) is 19.5 Å². The van der Waals surface area contributed by atoms with Gasteiger partial charge in [-0.2, -0.15) is 0 Å². The van der Waals surface area contributed by atoms with Gasteiger partial charge in [0.15, 0.2) is 0 Å². The quantitative estimate of drug-likeness (QED) is 0.757. The summed E-state index contributed by atoms with van der Waals surface area (Å²) < 4.78 is 10.7. The highest BCUT2D eigenvalue weighted by Gasteiger charge is 2.07. The van der Waals surface area contributed by atoms with Crippen molar-refractivity contribution in [2.75, 3.05) is 7.11 Å². The summed E-state index contributed by atoms with van der Waals surface area (Å²) >= 11 is 0. The first kappa shape index (κ1) is 13.7. The Morgan fingerprint density at radius 1 is 1.10 bits per heavy atom. The van der Waals surface area contributed by atoms with Crippen LogP contribution in [0.4, 0.5) is 0 Å². The molecule has 3 heteroatoms. The molecule has 21 heavy (non-hydrogen) atoms. The third-order valence-electron chi connectivity index (χ3n) is 3.69. The Hall–Kier alpha value is -2.26. The molecule has 0 aliphatic heterocycles. The molecule has 3 aromatic rings. The summed E-state index contributed by atoms with van der Waals surface area (Å²) in [5, 5.41) is 5.88. The number of hydrogen-bond donors (Lipinski definition) is 1. The van der Waals surface area contributed by atoms with Gasteiger partial charge >= 0.3 is 0 Å². The maximum absolute atomic E-state index is 5.40. The number of benzene rings is 2. The average Bonchev–Trinajstić information content (AvgIpc) is 3.06. The molecule has 1 heterocycles. The molecule has 0 amide bonds. The summed E-state index contributed by atoms with van der Waals surface area (Å²) in [4.78, 5) is 0. The molecular weight excluding hydrogens is 262 g/mol. The number of methoxy groups -OCH3 is 1. The minimum absolute atomic E-state index is 0.201. The molecular formula is C18H19NO2. The number of furan rings is 1. The van der Waals surface area contributed by atoms with E-state index in [1.807, 2.05) is 18.2 Å². The first-order valence-electron chi connectivity index (χ1n) is 7.10. The molecule has 1 N–H and O–H groups in total. The summed E-state index contributed by atoms with van der Waals surface area (Å²) in [6.45, 7) is 2.91. The number of ether oxygens (including phenoxy) is 1. The van der Waals surface area contributed by atoms with Crippen molar-refractivity contribution < 1.29 is 9.15 Å². The van der Waals surface area contributed by atoms with Crippen LogP contribution in [0.1, 0.15) is 24.3 Å². The van der Waals surface area contributed by atoms with Crippen LogP contribution in [0.5, 0.6) is 5.75 Å². The van der Waals surface area contributed by atoms with Crippen LogP contribution in [-0.4, -0.2) is 7.11 Å². The Morgan fingerprint density at radius 3 is 2.67 bits per heavy atom. The lowest BCUT2D eigenvalue weighted by molar-refractivity contribution is 0.415.